The molecule has 0 radical (unpaired) electrons. The summed E-state index contributed by atoms with van der Waals surface area (Å²) in [5, 5.41) is 2.28. The number of furan rings is 1. The summed E-state index contributed by atoms with van der Waals surface area (Å²) in [7, 11) is 0. The molecule has 1 spiro atoms. The average molecular weight is 741 g/mol. The SMILES string of the molecule is C1=Cc2ccc(-c3cc(-c4ccc(-c5cccnc5)nc4)nc(-c4ccccc4)n3)cc2C2(c3ccccc31)c1ccccc1-c1c2ccc2oc3ccccc3c12. The molecule has 0 bridgehead atoms. The monoisotopic (exact) mass is 740 g/mol. The summed E-state index contributed by atoms with van der Waals surface area (Å²) in [6, 6.07) is 57.8. The predicted octanol–water partition coefficient (Wildman–Crippen LogP) is 12.7. The second kappa shape index (κ2) is 12.6. The molecule has 4 heterocycles. The Kier molecular flexibility index (Phi) is 7.07. The summed E-state index contributed by atoms with van der Waals surface area (Å²) in [6.07, 6.45) is 10.0. The fourth-order valence-corrected chi connectivity index (χ4v) is 9.35. The Morgan fingerprint density at radius 2 is 1.17 bits per heavy atom. The number of pyridine rings is 2. The Bertz CT molecular complexity index is 3280. The highest BCUT2D eigenvalue weighted by Crippen LogP contribution is 2.61. The molecular formula is C53H32N4O. The zero-order valence-electron chi connectivity index (χ0n) is 31.2. The number of benzene rings is 6. The second-order valence-electron chi connectivity index (χ2n) is 15.0. The van der Waals surface area contributed by atoms with Gasteiger partial charge in [0.15, 0.2) is 5.82 Å². The normalized spacial score (nSPS) is 14.9. The van der Waals surface area contributed by atoms with E-state index in [9.17, 15) is 0 Å². The van der Waals surface area contributed by atoms with Crippen LogP contribution in [-0.4, -0.2) is 19.9 Å². The molecular weight excluding hydrogens is 709 g/mol. The van der Waals surface area contributed by atoms with E-state index in [-0.39, 0.29) is 0 Å². The zero-order valence-corrected chi connectivity index (χ0v) is 31.2. The average Bonchev–Trinajstić information content (AvgIpc) is 3.77. The molecule has 0 N–H and O–H groups in total. The minimum atomic E-state index is -0.631. The fourth-order valence-electron chi connectivity index (χ4n) is 9.35. The summed E-state index contributed by atoms with van der Waals surface area (Å²) >= 11 is 0. The number of hydrogen-bond acceptors (Lipinski definition) is 5. The van der Waals surface area contributed by atoms with Crippen molar-refractivity contribution in [3.63, 3.8) is 0 Å². The molecule has 0 amide bonds. The topological polar surface area (TPSA) is 64.7 Å². The van der Waals surface area contributed by atoms with Crippen LogP contribution in [0, 0.1) is 0 Å². The molecule has 2 aliphatic rings. The highest BCUT2D eigenvalue weighted by atomic mass is 16.3. The molecule has 58 heavy (non-hydrogen) atoms. The van der Waals surface area contributed by atoms with Crippen molar-refractivity contribution in [3.8, 4) is 56.3 Å². The highest BCUT2D eigenvalue weighted by molar-refractivity contribution is 6.15. The van der Waals surface area contributed by atoms with Crippen molar-refractivity contribution >= 4 is 34.1 Å². The zero-order chi connectivity index (χ0) is 38.2. The van der Waals surface area contributed by atoms with Gasteiger partial charge in [0.05, 0.1) is 22.5 Å². The molecule has 2 aliphatic carbocycles. The fraction of sp³-hybridized carbons (Fsp3) is 0.0189. The first-order chi connectivity index (χ1) is 28.7. The van der Waals surface area contributed by atoms with Gasteiger partial charge >= 0.3 is 0 Å². The molecule has 10 aromatic rings. The molecule has 12 rings (SSSR count). The summed E-state index contributed by atoms with van der Waals surface area (Å²) in [4.78, 5) is 19.5. The smallest absolute Gasteiger partial charge is 0.160 e. The molecule has 5 heteroatoms. The second-order valence-corrected chi connectivity index (χ2v) is 15.0. The Labute approximate surface area is 334 Å². The van der Waals surface area contributed by atoms with Crippen LogP contribution in [0.2, 0.25) is 0 Å². The van der Waals surface area contributed by atoms with E-state index >= 15 is 0 Å². The Hall–Kier alpha value is -7.76. The first kappa shape index (κ1) is 32.5. The first-order valence-electron chi connectivity index (χ1n) is 19.5. The molecule has 1 unspecified atom stereocenters. The van der Waals surface area contributed by atoms with Crippen molar-refractivity contribution in [2.75, 3.05) is 0 Å². The summed E-state index contributed by atoms with van der Waals surface area (Å²) < 4.78 is 6.50. The van der Waals surface area contributed by atoms with Crippen LogP contribution >= 0.6 is 0 Å². The van der Waals surface area contributed by atoms with Crippen molar-refractivity contribution in [1.82, 2.24) is 19.9 Å². The Balaban J connectivity index is 1.12. The predicted molar refractivity (Wildman–Crippen MR) is 233 cm³/mol. The maximum Gasteiger partial charge on any atom is 0.160 e. The quantitative estimate of drug-likeness (QED) is 0.180. The molecule has 4 aromatic heterocycles. The Morgan fingerprint density at radius 3 is 2.02 bits per heavy atom. The Morgan fingerprint density at radius 1 is 0.448 bits per heavy atom. The van der Waals surface area contributed by atoms with Gasteiger partial charge in [0.25, 0.3) is 0 Å². The number of fused-ring (bicyclic) bond motifs is 13. The summed E-state index contributed by atoms with van der Waals surface area (Å²) in [5.74, 6) is 0.658. The molecule has 1 atom stereocenters. The van der Waals surface area contributed by atoms with Crippen LogP contribution in [0.4, 0.5) is 0 Å². The van der Waals surface area contributed by atoms with Gasteiger partial charge in [0.1, 0.15) is 11.2 Å². The van der Waals surface area contributed by atoms with Gasteiger partial charge in [-0.1, -0.05) is 127 Å². The van der Waals surface area contributed by atoms with Crippen LogP contribution in [0.25, 0.3) is 90.4 Å². The van der Waals surface area contributed by atoms with E-state index < -0.39 is 5.41 Å². The molecule has 0 saturated carbocycles. The maximum atomic E-state index is 6.50. The molecule has 270 valence electrons. The van der Waals surface area contributed by atoms with Crippen LogP contribution in [-0.2, 0) is 5.41 Å². The van der Waals surface area contributed by atoms with E-state index in [2.05, 4.69) is 138 Å². The van der Waals surface area contributed by atoms with Crippen molar-refractivity contribution in [3.05, 3.63) is 216 Å². The van der Waals surface area contributed by atoms with E-state index in [4.69, 9.17) is 19.4 Å². The van der Waals surface area contributed by atoms with Crippen LogP contribution in [0.5, 0.6) is 0 Å². The minimum Gasteiger partial charge on any atom is -0.456 e. The largest absolute Gasteiger partial charge is 0.456 e. The van der Waals surface area contributed by atoms with Gasteiger partial charge < -0.3 is 4.42 Å². The third-order valence-corrected chi connectivity index (χ3v) is 11.9. The molecule has 5 nitrogen and oxygen atoms in total. The number of para-hydroxylation sites is 1. The number of rotatable bonds is 4. The summed E-state index contributed by atoms with van der Waals surface area (Å²) in [6.45, 7) is 0. The van der Waals surface area contributed by atoms with Crippen LogP contribution < -0.4 is 0 Å². The standard InChI is InChI=1S/C53H32N4O/c1-2-12-35(13-3-1)52-56-46(30-47(57-52)38-24-26-45(55-32-38)37-14-10-28-54-31-37)36-23-22-34-21-20-33-11-4-7-17-41(33)53(44(34)29-36)42-18-8-5-15-39(42)50-43(53)25-27-49-51(50)40-16-6-9-19-48(40)58-49/h1-32H. The molecule has 0 saturated heterocycles. The van der Waals surface area contributed by atoms with E-state index in [1.807, 2.05) is 54.9 Å². The van der Waals surface area contributed by atoms with E-state index in [0.29, 0.717) is 5.82 Å². The molecule has 0 fully saturated rings. The van der Waals surface area contributed by atoms with Gasteiger partial charge in [-0.15, -0.1) is 0 Å². The third-order valence-electron chi connectivity index (χ3n) is 11.9. The van der Waals surface area contributed by atoms with Gasteiger partial charge in [-0.25, -0.2) is 9.97 Å². The maximum absolute atomic E-state index is 6.50. The lowest BCUT2D eigenvalue weighted by Gasteiger charge is -2.35. The lowest BCUT2D eigenvalue weighted by atomic mass is 9.65. The van der Waals surface area contributed by atoms with Gasteiger partial charge in [-0.05, 0) is 93.0 Å². The van der Waals surface area contributed by atoms with Crippen LogP contribution in [0.15, 0.2) is 187 Å². The van der Waals surface area contributed by atoms with Gasteiger partial charge in [-0.3, -0.25) is 9.97 Å². The van der Waals surface area contributed by atoms with Crippen molar-refractivity contribution < 1.29 is 4.42 Å². The molecule has 0 aliphatic heterocycles. The van der Waals surface area contributed by atoms with Crippen molar-refractivity contribution in [2.24, 2.45) is 0 Å². The van der Waals surface area contributed by atoms with Gasteiger partial charge in [0.2, 0.25) is 0 Å². The van der Waals surface area contributed by atoms with E-state index in [1.165, 1.54) is 38.9 Å². The van der Waals surface area contributed by atoms with E-state index in [0.717, 1.165) is 66.8 Å². The van der Waals surface area contributed by atoms with Crippen LogP contribution in [0.3, 0.4) is 0 Å². The van der Waals surface area contributed by atoms with Gasteiger partial charge in [-0.2, -0.15) is 0 Å². The van der Waals surface area contributed by atoms with Crippen LogP contribution in [0.1, 0.15) is 33.4 Å². The number of nitrogens with zero attached hydrogens (tertiary/aromatic N) is 4. The summed E-state index contributed by atoms with van der Waals surface area (Å²) in [5.41, 5.74) is 17.2. The minimum absolute atomic E-state index is 0.631. The molecule has 6 aromatic carbocycles. The van der Waals surface area contributed by atoms with Crippen molar-refractivity contribution in [1.29, 1.82) is 0 Å². The van der Waals surface area contributed by atoms with E-state index in [1.54, 1.807) is 6.20 Å². The van der Waals surface area contributed by atoms with Crippen molar-refractivity contribution in [2.45, 2.75) is 5.41 Å². The highest BCUT2D eigenvalue weighted by Gasteiger charge is 2.49. The third kappa shape index (κ3) is 4.77. The lowest BCUT2D eigenvalue weighted by molar-refractivity contribution is 0.668. The number of aromatic nitrogens is 4. The number of hydrogen-bond donors (Lipinski definition) is 0. The first-order valence-corrected chi connectivity index (χ1v) is 19.5. The lowest BCUT2D eigenvalue weighted by Crippen LogP contribution is -2.30. The van der Waals surface area contributed by atoms with Gasteiger partial charge in [0, 0.05) is 51.6 Å².